The standard InChI is InChI=1S/C22H32FN7O/c1-3-29-10-4-5-19(29)13-28-14-27(12-17-8-9-25-22(24)26-17)15-30(16-28)18-6-7-21(31-2)20(23)11-18/h6-9,11,19H,3-5,10,12-16H2,1-2H3,(H2,24,25,26). The highest BCUT2D eigenvalue weighted by Gasteiger charge is 2.30. The molecule has 2 saturated heterocycles. The van der Waals surface area contributed by atoms with Crippen LogP contribution in [0.25, 0.3) is 0 Å². The number of likely N-dealkylation sites (tertiary alicyclic amines) is 1. The fourth-order valence-corrected chi connectivity index (χ4v) is 4.68. The predicted molar refractivity (Wildman–Crippen MR) is 119 cm³/mol. The number of nitrogens with zero attached hydrogens (tertiary/aromatic N) is 6. The molecule has 3 heterocycles. The molecule has 0 radical (unpaired) electrons. The summed E-state index contributed by atoms with van der Waals surface area (Å²) in [7, 11) is 1.48. The first-order valence-electron chi connectivity index (χ1n) is 10.9. The summed E-state index contributed by atoms with van der Waals surface area (Å²) in [5.41, 5.74) is 7.49. The molecule has 0 aliphatic carbocycles. The van der Waals surface area contributed by atoms with Crippen molar-refractivity contribution in [3.63, 3.8) is 0 Å². The number of benzene rings is 1. The number of nitrogen functional groups attached to an aromatic ring is 1. The predicted octanol–water partition coefficient (Wildman–Crippen LogP) is 2.19. The van der Waals surface area contributed by atoms with Gasteiger partial charge in [0.2, 0.25) is 5.95 Å². The van der Waals surface area contributed by atoms with E-state index in [1.54, 1.807) is 18.3 Å². The van der Waals surface area contributed by atoms with Crippen LogP contribution in [0.1, 0.15) is 25.5 Å². The van der Waals surface area contributed by atoms with Gasteiger partial charge in [0.05, 0.1) is 32.8 Å². The van der Waals surface area contributed by atoms with E-state index in [1.807, 2.05) is 12.1 Å². The second-order valence-electron chi connectivity index (χ2n) is 8.30. The van der Waals surface area contributed by atoms with Crippen LogP contribution in [0.15, 0.2) is 30.5 Å². The van der Waals surface area contributed by atoms with Crippen LogP contribution in [0.2, 0.25) is 0 Å². The van der Waals surface area contributed by atoms with E-state index in [9.17, 15) is 4.39 Å². The number of ether oxygens (including phenoxy) is 1. The molecule has 8 nitrogen and oxygen atoms in total. The Kier molecular flexibility index (Phi) is 6.84. The number of aromatic nitrogens is 2. The largest absolute Gasteiger partial charge is 0.494 e. The average Bonchev–Trinajstić information content (AvgIpc) is 3.20. The zero-order valence-corrected chi connectivity index (χ0v) is 18.4. The molecule has 168 valence electrons. The average molecular weight is 430 g/mol. The van der Waals surface area contributed by atoms with E-state index in [0.29, 0.717) is 19.3 Å². The first-order valence-corrected chi connectivity index (χ1v) is 10.9. The summed E-state index contributed by atoms with van der Waals surface area (Å²) in [4.78, 5) is 17.8. The van der Waals surface area contributed by atoms with E-state index in [4.69, 9.17) is 10.5 Å². The van der Waals surface area contributed by atoms with E-state index in [2.05, 4.69) is 36.5 Å². The Labute approximate surface area is 183 Å². The third kappa shape index (κ3) is 5.23. The topological polar surface area (TPSA) is 74.0 Å². The van der Waals surface area contributed by atoms with Crippen molar-refractivity contribution in [2.75, 3.05) is 57.4 Å². The molecule has 1 unspecified atom stereocenters. The van der Waals surface area contributed by atoms with E-state index in [-0.39, 0.29) is 17.5 Å². The molecule has 2 aliphatic heterocycles. The van der Waals surface area contributed by atoms with Gasteiger partial charge >= 0.3 is 0 Å². The lowest BCUT2D eigenvalue weighted by molar-refractivity contribution is 0.0609. The fourth-order valence-electron chi connectivity index (χ4n) is 4.68. The van der Waals surface area contributed by atoms with Crippen molar-refractivity contribution in [1.82, 2.24) is 24.7 Å². The summed E-state index contributed by atoms with van der Waals surface area (Å²) < 4.78 is 19.5. The second kappa shape index (κ2) is 9.76. The first kappa shape index (κ1) is 21.7. The minimum Gasteiger partial charge on any atom is -0.494 e. The van der Waals surface area contributed by atoms with Crippen molar-refractivity contribution in [1.29, 1.82) is 0 Å². The van der Waals surface area contributed by atoms with Crippen LogP contribution in [0, 0.1) is 5.82 Å². The molecule has 1 atom stereocenters. The van der Waals surface area contributed by atoms with Crippen molar-refractivity contribution < 1.29 is 9.13 Å². The van der Waals surface area contributed by atoms with E-state index in [1.165, 1.54) is 26.5 Å². The normalized spacial score (nSPS) is 21.0. The van der Waals surface area contributed by atoms with Crippen LogP contribution < -0.4 is 15.4 Å². The van der Waals surface area contributed by atoms with Crippen molar-refractivity contribution in [2.24, 2.45) is 0 Å². The molecule has 0 saturated carbocycles. The van der Waals surface area contributed by atoms with Crippen molar-refractivity contribution in [3.05, 3.63) is 42.0 Å². The molecule has 4 rings (SSSR count). The number of rotatable bonds is 7. The molecular weight excluding hydrogens is 397 g/mol. The van der Waals surface area contributed by atoms with Gasteiger partial charge in [-0.2, -0.15) is 0 Å². The molecule has 1 aromatic carbocycles. The van der Waals surface area contributed by atoms with E-state index >= 15 is 0 Å². The van der Waals surface area contributed by atoms with Gasteiger partial charge in [0.25, 0.3) is 0 Å². The maximum Gasteiger partial charge on any atom is 0.220 e. The van der Waals surface area contributed by atoms with Crippen LogP contribution in [0.3, 0.4) is 0 Å². The van der Waals surface area contributed by atoms with Crippen LogP contribution >= 0.6 is 0 Å². The lowest BCUT2D eigenvalue weighted by atomic mass is 10.2. The summed E-state index contributed by atoms with van der Waals surface area (Å²) in [5, 5.41) is 0. The lowest BCUT2D eigenvalue weighted by Crippen LogP contribution is -2.57. The van der Waals surface area contributed by atoms with Crippen LogP contribution in [0.4, 0.5) is 16.0 Å². The molecule has 0 spiro atoms. The smallest absolute Gasteiger partial charge is 0.220 e. The van der Waals surface area contributed by atoms with Crippen LogP contribution in [-0.4, -0.2) is 77.5 Å². The maximum absolute atomic E-state index is 14.4. The van der Waals surface area contributed by atoms with Crippen molar-refractivity contribution in [3.8, 4) is 5.75 Å². The number of likely N-dealkylation sites (N-methyl/N-ethyl adjacent to an activating group) is 1. The number of anilines is 2. The summed E-state index contributed by atoms with van der Waals surface area (Å²) in [6, 6.07) is 7.61. The van der Waals surface area contributed by atoms with Crippen LogP contribution in [-0.2, 0) is 6.54 Å². The van der Waals surface area contributed by atoms with Gasteiger partial charge in [0.1, 0.15) is 0 Å². The Morgan fingerprint density at radius 3 is 2.77 bits per heavy atom. The first-order chi connectivity index (χ1) is 15.1. The highest BCUT2D eigenvalue weighted by Crippen LogP contribution is 2.27. The third-order valence-electron chi connectivity index (χ3n) is 6.13. The quantitative estimate of drug-likeness (QED) is 0.718. The Bertz CT molecular complexity index is 883. The van der Waals surface area contributed by atoms with Gasteiger partial charge in [-0.15, -0.1) is 0 Å². The fraction of sp³-hybridized carbons (Fsp3) is 0.545. The van der Waals surface area contributed by atoms with Crippen LogP contribution in [0.5, 0.6) is 5.75 Å². The zero-order valence-electron chi connectivity index (χ0n) is 18.4. The van der Waals surface area contributed by atoms with E-state index < -0.39 is 0 Å². The van der Waals surface area contributed by atoms with Gasteiger partial charge < -0.3 is 15.4 Å². The molecule has 1 aromatic heterocycles. The monoisotopic (exact) mass is 429 g/mol. The molecule has 0 bridgehead atoms. The molecule has 2 fully saturated rings. The summed E-state index contributed by atoms with van der Waals surface area (Å²) in [6.07, 6.45) is 4.17. The van der Waals surface area contributed by atoms with Gasteiger partial charge in [-0.25, -0.2) is 14.4 Å². The summed E-state index contributed by atoms with van der Waals surface area (Å²) >= 11 is 0. The molecule has 0 amide bonds. The highest BCUT2D eigenvalue weighted by molar-refractivity contribution is 5.50. The number of nitrogens with two attached hydrogens (primary N) is 1. The molecule has 9 heteroatoms. The molecular formula is C22H32FN7O. The van der Waals surface area contributed by atoms with Gasteiger partial charge in [0.15, 0.2) is 11.6 Å². The number of hydrogen-bond donors (Lipinski definition) is 1. The number of hydrogen-bond acceptors (Lipinski definition) is 8. The van der Waals surface area contributed by atoms with Crippen molar-refractivity contribution in [2.45, 2.75) is 32.4 Å². The van der Waals surface area contributed by atoms with Gasteiger partial charge in [0, 0.05) is 37.1 Å². The molecule has 2 N–H and O–H groups in total. The number of halogens is 1. The van der Waals surface area contributed by atoms with Gasteiger partial charge in [-0.05, 0) is 44.1 Å². The maximum atomic E-state index is 14.4. The summed E-state index contributed by atoms with van der Waals surface area (Å²) in [6.45, 7) is 8.38. The summed E-state index contributed by atoms with van der Waals surface area (Å²) in [5.74, 6) is 0.195. The van der Waals surface area contributed by atoms with E-state index in [0.717, 1.165) is 37.8 Å². The van der Waals surface area contributed by atoms with Gasteiger partial charge in [-0.3, -0.25) is 14.7 Å². The Morgan fingerprint density at radius 1 is 1.19 bits per heavy atom. The van der Waals surface area contributed by atoms with Crippen molar-refractivity contribution >= 4 is 11.6 Å². The minimum absolute atomic E-state index is 0.260. The lowest BCUT2D eigenvalue weighted by Gasteiger charge is -2.44. The molecule has 2 aliphatic rings. The van der Waals surface area contributed by atoms with Gasteiger partial charge in [-0.1, -0.05) is 6.92 Å². The Morgan fingerprint density at radius 2 is 2.03 bits per heavy atom. The molecule has 2 aromatic rings. The highest BCUT2D eigenvalue weighted by atomic mass is 19.1. The second-order valence-corrected chi connectivity index (χ2v) is 8.30. The Balaban J connectivity index is 1.53. The number of methoxy groups -OCH3 is 1. The third-order valence-corrected chi connectivity index (χ3v) is 6.13. The minimum atomic E-state index is -0.347. The molecule has 31 heavy (non-hydrogen) atoms. The SMILES string of the molecule is CCN1CCCC1CN1CN(Cc2ccnc(N)n2)CN(c2ccc(OC)c(F)c2)C1. The Hall–Kier alpha value is -2.49. The zero-order chi connectivity index (χ0) is 21.8.